The molecular weight excluding hydrogens is 316 g/mol. The maximum Gasteiger partial charge on any atom is 0.217 e. The fourth-order valence-electron chi connectivity index (χ4n) is 3.35. The van der Waals surface area contributed by atoms with Crippen molar-refractivity contribution in [3.8, 4) is 0 Å². The van der Waals surface area contributed by atoms with E-state index in [4.69, 9.17) is 4.98 Å². The molecule has 1 N–H and O–H groups in total. The molecule has 1 aliphatic heterocycles. The van der Waals surface area contributed by atoms with Gasteiger partial charge in [-0.1, -0.05) is 12.1 Å². The molecule has 1 aromatic carbocycles. The minimum Gasteiger partial charge on any atom is -0.351 e. The standard InChI is InChI=1S/C18H22N6O/c1-13(25)19-10-14-9-15-11-23(7-8-24(15)21-14)12-18-20-16-5-3-4-6-17(16)22(18)2/h3-6,9H,7-8,10-12H2,1-2H3,(H,19,25). The lowest BCUT2D eigenvalue weighted by molar-refractivity contribution is -0.119. The molecule has 0 unspecified atom stereocenters. The summed E-state index contributed by atoms with van der Waals surface area (Å²) in [6.07, 6.45) is 0. The van der Waals surface area contributed by atoms with E-state index in [1.807, 2.05) is 16.8 Å². The molecule has 7 nitrogen and oxygen atoms in total. The number of carbonyl (C=O) groups is 1. The minimum atomic E-state index is -0.0329. The fourth-order valence-corrected chi connectivity index (χ4v) is 3.35. The van der Waals surface area contributed by atoms with Crippen molar-refractivity contribution in [1.82, 2.24) is 29.5 Å². The number of aryl methyl sites for hydroxylation is 1. The van der Waals surface area contributed by atoms with Crippen molar-refractivity contribution in [2.75, 3.05) is 6.54 Å². The summed E-state index contributed by atoms with van der Waals surface area (Å²) in [5.41, 5.74) is 4.30. The van der Waals surface area contributed by atoms with Crippen LogP contribution in [-0.4, -0.2) is 36.7 Å². The molecule has 3 heterocycles. The Bertz CT molecular complexity index is 925. The highest BCUT2D eigenvalue weighted by Gasteiger charge is 2.20. The van der Waals surface area contributed by atoms with Crippen molar-refractivity contribution in [3.63, 3.8) is 0 Å². The van der Waals surface area contributed by atoms with Gasteiger partial charge < -0.3 is 9.88 Å². The Kier molecular flexibility index (Phi) is 4.01. The van der Waals surface area contributed by atoms with E-state index in [0.717, 1.165) is 48.7 Å². The first kappa shape index (κ1) is 15.8. The van der Waals surface area contributed by atoms with Crippen LogP contribution in [-0.2, 0) is 38.0 Å². The lowest BCUT2D eigenvalue weighted by Crippen LogP contribution is -2.34. The van der Waals surface area contributed by atoms with Gasteiger partial charge >= 0.3 is 0 Å². The number of hydrogen-bond donors (Lipinski definition) is 1. The SMILES string of the molecule is CC(=O)NCc1cc2n(n1)CCN(Cc1nc3ccccc3n1C)C2. The first-order valence-corrected chi connectivity index (χ1v) is 8.53. The lowest BCUT2D eigenvalue weighted by atomic mass is 10.2. The van der Waals surface area contributed by atoms with E-state index in [0.29, 0.717) is 6.54 Å². The van der Waals surface area contributed by atoms with Gasteiger partial charge in [-0.05, 0) is 18.2 Å². The molecule has 2 aromatic heterocycles. The number of para-hydroxylation sites is 2. The molecule has 0 spiro atoms. The van der Waals surface area contributed by atoms with E-state index in [1.54, 1.807) is 0 Å². The molecule has 0 bridgehead atoms. The number of aromatic nitrogens is 4. The van der Waals surface area contributed by atoms with E-state index in [2.05, 4.69) is 45.1 Å². The van der Waals surface area contributed by atoms with Gasteiger partial charge in [0.05, 0.1) is 42.1 Å². The first-order chi connectivity index (χ1) is 12.1. The highest BCUT2D eigenvalue weighted by molar-refractivity contribution is 5.75. The summed E-state index contributed by atoms with van der Waals surface area (Å²) in [7, 11) is 2.07. The van der Waals surface area contributed by atoms with E-state index < -0.39 is 0 Å². The van der Waals surface area contributed by atoms with Crippen LogP contribution in [0.2, 0.25) is 0 Å². The third-order valence-electron chi connectivity index (χ3n) is 4.69. The van der Waals surface area contributed by atoms with Crippen molar-refractivity contribution in [3.05, 3.63) is 47.5 Å². The van der Waals surface area contributed by atoms with E-state index in [-0.39, 0.29) is 5.91 Å². The van der Waals surface area contributed by atoms with Gasteiger partial charge in [0.2, 0.25) is 5.91 Å². The van der Waals surface area contributed by atoms with Gasteiger partial charge in [0, 0.05) is 27.1 Å². The largest absolute Gasteiger partial charge is 0.351 e. The predicted octanol–water partition coefficient (Wildman–Crippen LogP) is 1.42. The summed E-state index contributed by atoms with van der Waals surface area (Å²) < 4.78 is 4.21. The molecule has 7 heteroatoms. The smallest absolute Gasteiger partial charge is 0.217 e. The number of carbonyl (C=O) groups excluding carboxylic acids is 1. The molecule has 0 atom stereocenters. The van der Waals surface area contributed by atoms with Gasteiger partial charge in [-0.3, -0.25) is 14.4 Å². The number of benzene rings is 1. The third-order valence-corrected chi connectivity index (χ3v) is 4.69. The Hall–Kier alpha value is -2.67. The van der Waals surface area contributed by atoms with Crippen LogP contribution >= 0.6 is 0 Å². The molecule has 1 aliphatic rings. The summed E-state index contributed by atoms with van der Waals surface area (Å²) in [6, 6.07) is 10.3. The molecule has 0 aliphatic carbocycles. The van der Waals surface area contributed by atoms with Crippen LogP contribution in [0.5, 0.6) is 0 Å². The average molecular weight is 338 g/mol. The van der Waals surface area contributed by atoms with Crippen LogP contribution in [0, 0.1) is 0 Å². The van der Waals surface area contributed by atoms with Gasteiger partial charge in [0.15, 0.2) is 0 Å². The molecule has 3 aromatic rings. The zero-order valence-electron chi connectivity index (χ0n) is 14.6. The molecular formula is C18H22N6O. The highest BCUT2D eigenvalue weighted by Crippen LogP contribution is 2.19. The average Bonchev–Trinajstić information content (AvgIpc) is 3.14. The molecule has 1 amide bonds. The van der Waals surface area contributed by atoms with Crippen LogP contribution in [0.15, 0.2) is 30.3 Å². The van der Waals surface area contributed by atoms with E-state index in [9.17, 15) is 4.79 Å². The number of fused-ring (bicyclic) bond motifs is 2. The zero-order chi connectivity index (χ0) is 17.4. The summed E-state index contributed by atoms with van der Waals surface area (Å²) >= 11 is 0. The molecule has 4 rings (SSSR count). The van der Waals surface area contributed by atoms with Gasteiger partial charge in [0.1, 0.15) is 5.82 Å². The number of amides is 1. The Balaban J connectivity index is 1.48. The number of nitrogens with zero attached hydrogens (tertiary/aromatic N) is 5. The summed E-state index contributed by atoms with van der Waals surface area (Å²) in [4.78, 5) is 18.2. The second kappa shape index (κ2) is 6.33. The van der Waals surface area contributed by atoms with Crippen molar-refractivity contribution in [2.45, 2.75) is 33.1 Å². The Labute approximate surface area is 146 Å². The summed E-state index contributed by atoms with van der Waals surface area (Å²) in [6.45, 7) is 5.47. The first-order valence-electron chi connectivity index (χ1n) is 8.53. The number of imidazole rings is 1. The van der Waals surface area contributed by atoms with Gasteiger partial charge in [-0.2, -0.15) is 5.10 Å². The van der Waals surface area contributed by atoms with E-state index in [1.165, 1.54) is 12.6 Å². The zero-order valence-corrected chi connectivity index (χ0v) is 14.6. The Morgan fingerprint density at radius 3 is 2.92 bits per heavy atom. The van der Waals surface area contributed by atoms with Crippen molar-refractivity contribution >= 4 is 16.9 Å². The Morgan fingerprint density at radius 2 is 2.12 bits per heavy atom. The van der Waals surface area contributed by atoms with Crippen LogP contribution in [0.1, 0.15) is 24.1 Å². The Morgan fingerprint density at radius 1 is 1.28 bits per heavy atom. The maximum absolute atomic E-state index is 11.1. The topological polar surface area (TPSA) is 68.0 Å². The maximum atomic E-state index is 11.1. The van der Waals surface area contributed by atoms with Crippen LogP contribution in [0.4, 0.5) is 0 Å². The number of hydrogen-bond acceptors (Lipinski definition) is 4. The molecule has 0 fully saturated rings. The molecule has 0 saturated carbocycles. The molecule has 0 radical (unpaired) electrons. The highest BCUT2D eigenvalue weighted by atomic mass is 16.1. The van der Waals surface area contributed by atoms with Gasteiger partial charge in [0.25, 0.3) is 0 Å². The van der Waals surface area contributed by atoms with Crippen LogP contribution in [0.25, 0.3) is 11.0 Å². The normalized spacial score (nSPS) is 14.6. The monoisotopic (exact) mass is 338 g/mol. The van der Waals surface area contributed by atoms with Crippen molar-refractivity contribution in [1.29, 1.82) is 0 Å². The third kappa shape index (κ3) is 3.15. The minimum absolute atomic E-state index is 0.0329. The second-order valence-corrected chi connectivity index (χ2v) is 6.55. The molecule has 0 saturated heterocycles. The second-order valence-electron chi connectivity index (χ2n) is 6.55. The molecule has 130 valence electrons. The summed E-state index contributed by atoms with van der Waals surface area (Å²) in [5, 5.41) is 7.37. The number of nitrogens with one attached hydrogen (secondary N) is 1. The lowest BCUT2D eigenvalue weighted by Gasteiger charge is -2.27. The van der Waals surface area contributed by atoms with Crippen molar-refractivity contribution in [2.24, 2.45) is 7.05 Å². The quantitative estimate of drug-likeness (QED) is 0.781. The van der Waals surface area contributed by atoms with E-state index >= 15 is 0 Å². The summed E-state index contributed by atoms with van der Waals surface area (Å²) in [5.74, 6) is 1.04. The predicted molar refractivity (Wildman–Crippen MR) is 94.6 cm³/mol. The molecule has 25 heavy (non-hydrogen) atoms. The fraction of sp³-hybridized carbons (Fsp3) is 0.389. The van der Waals surface area contributed by atoms with Gasteiger partial charge in [-0.25, -0.2) is 4.98 Å². The van der Waals surface area contributed by atoms with Gasteiger partial charge in [-0.15, -0.1) is 0 Å². The van der Waals surface area contributed by atoms with Crippen LogP contribution < -0.4 is 5.32 Å². The number of rotatable bonds is 4. The van der Waals surface area contributed by atoms with Crippen LogP contribution in [0.3, 0.4) is 0 Å². The van der Waals surface area contributed by atoms with Crippen molar-refractivity contribution < 1.29 is 4.79 Å².